The molecule has 2 rings (SSSR count). The lowest BCUT2D eigenvalue weighted by Gasteiger charge is -2.35. The van der Waals surface area contributed by atoms with Crippen molar-refractivity contribution in [3.63, 3.8) is 0 Å². The molecule has 2 atom stereocenters. The maximum absolute atomic E-state index is 11.4. The molecule has 1 aliphatic heterocycles. The van der Waals surface area contributed by atoms with Gasteiger partial charge in [-0.25, -0.2) is 9.67 Å². The molecule has 20 heavy (non-hydrogen) atoms. The molecule has 0 spiro atoms. The fourth-order valence-electron chi connectivity index (χ4n) is 2.73. The molecule has 1 aliphatic rings. The summed E-state index contributed by atoms with van der Waals surface area (Å²) >= 11 is 0. The largest absolute Gasteiger partial charge is 0.480 e. The van der Waals surface area contributed by atoms with E-state index in [1.54, 1.807) is 6.33 Å². The van der Waals surface area contributed by atoms with E-state index < -0.39 is 12.0 Å². The van der Waals surface area contributed by atoms with Gasteiger partial charge in [-0.15, -0.1) is 0 Å². The van der Waals surface area contributed by atoms with Gasteiger partial charge in [0.05, 0.1) is 6.54 Å². The molecule has 0 bridgehead atoms. The molecular formula is C14H24N4O2. The molecule has 6 heteroatoms. The van der Waals surface area contributed by atoms with Gasteiger partial charge in [0.1, 0.15) is 18.2 Å². The first kappa shape index (κ1) is 15.0. The Hall–Kier alpha value is -1.43. The van der Waals surface area contributed by atoms with Gasteiger partial charge in [0.15, 0.2) is 0 Å². The highest BCUT2D eigenvalue weighted by atomic mass is 16.4. The van der Waals surface area contributed by atoms with E-state index in [0.717, 1.165) is 25.3 Å². The number of likely N-dealkylation sites (tertiary alicyclic amines) is 1. The Morgan fingerprint density at radius 2 is 2.30 bits per heavy atom. The predicted octanol–water partition coefficient (Wildman–Crippen LogP) is 1.62. The number of carbonyl (C=O) groups is 1. The van der Waals surface area contributed by atoms with Crippen LogP contribution in [0.15, 0.2) is 6.33 Å². The van der Waals surface area contributed by atoms with Crippen LogP contribution in [0.2, 0.25) is 0 Å². The lowest BCUT2D eigenvalue weighted by Crippen LogP contribution is -2.46. The van der Waals surface area contributed by atoms with Gasteiger partial charge >= 0.3 is 5.97 Å². The molecule has 2 unspecified atom stereocenters. The zero-order valence-corrected chi connectivity index (χ0v) is 12.5. The van der Waals surface area contributed by atoms with E-state index in [4.69, 9.17) is 0 Å². The molecule has 1 saturated heterocycles. The van der Waals surface area contributed by atoms with Gasteiger partial charge < -0.3 is 5.11 Å². The summed E-state index contributed by atoms with van der Waals surface area (Å²) in [6.45, 7) is 8.58. The summed E-state index contributed by atoms with van der Waals surface area (Å²) in [7, 11) is 0. The number of aliphatic carboxylic acids is 1. The molecule has 0 aliphatic carbocycles. The van der Waals surface area contributed by atoms with E-state index in [0.29, 0.717) is 24.8 Å². The van der Waals surface area contributed by atoms with Crippen LogP contribution in [-0.2, 0) is 17.9 Å². The first-order valence-electron chi connectivity index (χ1n) is 7.31. The molecule has 6 nitrogen and oxygen atoms in total. The molecule has 0 amide bonds. The summed E-state index contributed by atoms with van der Waals surface area (Å²) in [6.07, 6.45) is 3.32. The maximum atomic E-state index is 11.4. The third kappa shape index (κ3) is 3.56. The van der Waals surface area contributed by atoms with Crippen molar-refractivity contribution in [2.24, 2.45) is 11.8 Å². The van der Waals surface area contributed by atoms with Crippen LogP contribution in [0.3, 0.4) is 0 Å². The summed E-state index contributed by atoms with van der Waals surface area (Å²) < 4.78 is 1.89. The van der Waals surface area contributed by atoms with Gasteiger partial charge in [0.2, 0.25) is 0 Å². The highest BCUT2D eigenvalue weighted by Crippen LogP contribution is 2.24. The van der Waals surface area contributed by atoms with Gasteiger partial charge in [-0.05, 0) is 31.2 Å². The van der Waals surface area contributed by atoms with Crippen LogP contribution in [0.1, 0.15) is 39.4 Å². The maximum Gasteiger partial charge on any atom is 0.320 e. The van der Waals surface area contributed by atoms with Crippen LogP contribution in [-0.4, -0.2) is 43.3 Å². The summed E-state index contributed by atoms with van der Waals surface area (Å²) in [5.74, 6) is 1.10. The molecular weight excluding hydrogens is 256 g/mol. The van der Waals surface area contributed by atoms with E-state index in [1.807, 2.05) is 9.58 Å². The molecule has 0 saturated carbocycles. The minimum Gasteiger partial charge on any atom is -0.480 e. The van der Waals surface area contributed by atoms with Crippen molar-refractivity contribution in [3.05, 3.63) is 12.2 Å². The Kier molecular flexibility index (Phi) is 4.75. The number of aromatic nitrogens is 3. The highest BCUT2D eigenvalue weighted by molar-refractivity contribution is 5.73. The van der Waals surface area contributed by atoms with Crippen LogP contribution in [0.5, 0.6) is 0 Å². The normalized spacial score (nSPS) is 24.2. The van der Waals surface area contributed by atoms with E-state index in [9.17, 15) is 9.90 Å². The lowest BCUT2D eigenvalue weighted by molar-refractivity contribution is -0.145. The lowest BCUT2D eigenvalue weighted by atomic mass is 9.92. The number of rotatable bonds is 5. The standard InChI is InChI=1S/C14H24N4O2/c1-10(2)7-18-13(15-9-16-18)8-17-5-4-11(3)6-12(17)14(19)20/h9-12H,4-8H2,1-3H3,(H,19,20). The van der Waals surface area contributed by atoms with Crippen LogP contribution >= 0.6 is 0 Å². The van der Waals surface area contributed by atoms with Gasteiger partial charge in [-0.3, -0.25) is 9.69 Å². The third-order valence-electron chi connectivity index (χ3n) is 3.84. The summed E-state index contributed by atoms with van der Waals surface area (Å²) in [6, 6.07) is -0.400. The zero-order chi connectivity index (χ0) is 14.7. The number of carboxylic acid groups (broad SMARTS) is 1. The first-order valence-corrected chi connectivity index (χ1v) is 7.31. The summed E-state index contributed by atoms with van der Waals surface area (Å²) in [5, 5.41) is 13.6. The van der Waals surface area contributed by atoms with Crippen molar-refractivity contribution in [3.8, 4) is 0 Å². The minimum absolute atomic E-state index is 0.400. The number of nitrogens with zero attached hydrogens (tertiary/aromatic N) is 4. The Morgan fingerprint density at radius 1 is 1.55 bits per heavy atom. The fourth-order valence-corrected chi connectivity index (χ4v) is 2.73. The van der Waals surface area contributed by atoms with Crippen LogP contribution in [0.4, 0.5) is 0 Å². The predicted molar refractivity (Wildman–Crippen MR) is 75.1 cm³/mol. The average Bonchev–Trinajstić information content (AvgIpc) is 2.78. The molecule has 1 aromatic heterocycles. The smallest absolute Gasteiger partial charge is 0.320 e. The van der Waals surface area contributed by atoms with Crippen molar-refractivity contribution in [1.82, 2.24) is 19.7 Å². The van der Waals surface area contributed by atoms with E-state index in [1.165, 1.54) is 0 Å². The number of carboxylic acids is 1. The zero-order valence-electron chi connectivity index (χ0n) is 12.5. The molecule has 1 N–H and O–H groups in total. The second-order valence-corrected chi connectivity index (χ2v) is 6.21. The molecule has 2 heterocycles. The summed E-state index contributed by atoms with van der Waals surface area (Å²) in [5.41, 5.74) is 0. The van der Waals surface area contributed by atoms with Crippen molar-refractivity contribution in [2.75, 3.05) is 6.54 Å². The molecule has 0 aromatic carbocycles. The van der Waals surface area contributed by atoms with Gasteiger partial charge in [0, 0.05) is 6.54 Å². The third-order valence-corrected chi connectivity index (χ3v) is 3.84. The SMILES string of the molecule is CC(C)Cn1ncnc1CN1CCC(C)CC1C(=O)O. The van der Waals surface area contributed by atoms with Gasteiger partial charge in [-0.1, -0.05) is 20.8 Å². The molecule has 1 fully saturated rings. The van der Waals surface area contributed by atoms with E-state index in [2.05, 4.69) is 30.9 Å². The Labute approximate surface area is 119 Å². The number of piperidine rings is 1. The Balaban J connectivity index is 2.08. The van der Waals surface area contributed by atoms with Crippen molar-refractivity contribution in [2.45, 2.75) is 52.7 Å². The molecule has 112 valence electrons. The summed E-state index contributed by atoms with van der Waals surface area (Å²) in [4.78, 5) is 17.7. The van der Waals surface area contributed by atoms with E-state index in [-0.39, 0.29) is 0 Å². The Bertz CT molecular complexity index is 458. The fraction of sp³-hybridized carbons (Fsp3) is 0.786. The second kappa shape index (κ2) is 6.35. The van der Waals surface area contributed by atoms with Gasteiger partial charge in [-0.2, -0.15) is 5.10 Å². The molecule has 1 aromatic rings. The number of hydrogen-bond donors (Lipinski definition) is 1. The van der Waals surface area contributed by atoms with Crippen molar-refractivity contribution >= 4 is 5.97 Å². The Morgan fingerprint density at radius 3 is 2.95 bits per heavy atom. The van der Waals surface area contributed by atoms with Crippen molar-refractivity contribution in [1.29, 1.82) is 0 Å². The van der Waals surface area contributed by atoms with Crippen LogP contribution in [0.25, 0.3) is 0 Å². The van der Waals surface area contributed by atoms with E-state index >= 15 is 0 Å². The monoisotopic (exact) mass is 280 g/mol. The first-order chi connectivity index (χ1) is 9.47. The van der Waals surface area contributed by atoms with Crippen LogP contribution in [0, 0.1) is 11.8 Å². The van der Waals surface area contributed by atoms with Crippen LogP contribution < -0.4 is 0 Å². The average molecular weight is 280 g/mol. The molecule has 0 radical (unpaired) electrons. The quantitative estimate of drug-likeness (QED) is 0.887. The van der Waals surface area contributed by atoms with Gasteiger partial charge in [0.25, 0.3) is 0 Å². The second-order valence-electron chi connectivity index (χ2n) is 6.21. The minimum atomic E-state index is -0.730. The van der Waals surface area contributed by atoms with Crippen molar-refractivity contribution < 1.29 is 9.90 Å². The topological polar surface area (TPSA) is 71.2 Å². The highest BCUT2D eigenvalue weighted by Gasteiger charge is 2.32. The number of hydrogen-bond acceptors (Lipinski definition) is 4.